The predicted octanol–water partition coefficient (Wildman–Crippen LogP) is 5.10. The minimum Gasteiger partial charge on any atom is -0.368 e. The van der Waals surface area contributed by atoms with Crippen molar-refractivity contribution in [3.63, 3.8) is 0 Å². The van der Waals surface area contributed by atoms with Gasteiger partial charge in [-0.3, -0.25) is 0 Å². The standard InChI is InChI=1S/C11H13Cl3N2O/c1-6(2)11(3,17)16-15-10-8(13)4-7(12)5-9(10)14/h4-6,17H,1-3H3/b16-15+. The van der Waals surface area contributed by atoms with Crippen LogP contribution in [0.2, 0.25) is 15.1 Å². The summed E-state index contributed by atoms with van der Waals surface area (Å²) in [6, 6.07) is 3.04. The van der Waals surface area contributed by atoms with Crippen molar-refractivity contribution in [2.24, 2.45) is 16.1 Å². The van der Waals surface area contributed by atoms with Gasteiger partial charge in [-0.2, -0.15) is 5.11 Å². The molecule has 0 amide bonds. The lowest BCUT2D eigenvalue weighted by Crippen LogP contribution is -2.27. The summed E-state index contributed by atoms with van der Waals surface area (Å²) >= 11 is 17.7. The molecule has 0 heterocycles. The molecule has 0 aromatic heterocycles. The third-order valence-electron chi connectivity index (χ3n) is 2.43. The Morgan fingerprint density at radius 3 is 2.06 bits per heavy atom. The van der Waals surface area contributed by atoms with E-state index >= 15 is 0 Å². The smallest absolute Gasteiger partial charge is 0.175 e. The molecule has 1 aromatic carbocycles. The molecule has 1 aromatic rings. The highest BCUT2D eigenvalue weighted by atomic mass is 35.5. The summed E-state index contributed by atoms with van der Waals surface area (Å²) in [5.74, 6) is -0.0731. The first-order chi connectivity index (χ1) is 7.74. The molecule has 0 aliphatic carbocycles. The Morgan fingerprint density at radius 2 is 1.65 bits per heavy atom. The number of benzene rings is 1. The van der Waals surface area contributed by atoms with Crippen molar-refractivity contribution in [3.05, 3.63) is 27.2 Å². The average Bonchev–Trinajstić information content (AvgIpc) is 2.15. The highest BCUT2D eigenvalue weighted by Crippen LogP contribution is 2.37. The maximum atomic E-state index is 9.92. The van der Waals surface area contributed by atoms with E-state index in [9.17, 15) is 5.11 Å². The van der Waals surface area contributed by atoms with E-state index in [0.29, 0.717) is 20.8 Å². The normalized spacial score (nSPS) is 15.5. The van der Waals surface area contributed by atoms with Crippen LogP contribution in [0.3, 0.4) is 0 Å². The van der Waals surface area contributed by atoms with Gasteiger partial charge < -0.3 is 5.11 Å². The molecule has 1 rings (SSSR count). The van der Waals surface area contributed by atoms with Crippen molar-refractivity contribution in [3.8, 4) is 0 Å². The van der Waals surface area contributed by atoms with E-state index in [-0.39, 0.29) is 5.92 Å². The largest absolute Gasteiger partial charge is 0.368 e. The Bertz CT molecular complexity index is 421. The van der Waals surface area contributed by atoms with E-state index in [1.807, 2.05) is 13.8 Å². The Hall–Kier alpha value is -0.350. The average molecular weight is 296 g/mol. The quantitative estimate of drug-likeness (QED) is 0.775. The molecule has 6 heteroatoms. The highest BCUT2D eigenvalue weighted by Gasteiger charge is 2.24. The number of rotatable bonds is 3. The zero-order chi connectivity index (χ0) is 13.2. The van der Waals surface area contributed by atoms with Crippen molar-refractivity contribution in [2.45, 2.75) is 26.5 Å². The van der Waals surface area contributed by atoms with Crippen LogP contribution in [0, 0.1) is 5.92 Å². The number of nitrogens with zero attached hydrogens (tertiary/aromatic N) is 2. The van der Waals surface area contributed by atoms with Gasteiger partial charge in [0, 0.05) is 10.9 Å². The monoisotopic (exact) mass is 294 g/mol. The third-order valence-corrected chi connectivity index (χ3v) is 3.22. The van der Waals surface area contributed by atoms with Crippen LogP contribution in [0.1, 0.15) is 20.8 Å². The number of azo groups is 1. The van der Waals surface area contributed by atoms with E-state index in [4.69, 9.17) is 34.8 Å². The fraction of sp³-hybridized carbons (Fsp3) is 0.455. The maximum Gasteiger partial charge on any atom is 0.175 e. The lowest BCUT2D eigenvalue weighted by atomic mass is 10.0. The minimum atomic E-state index is -1.26. The molecule has 0 bridgehead atoms. The Balaban J connectivity index is 3.08. The van der Waals surface area contributed by atoms with Crippen LogP contribution in [-0.2, 0) is 0 Å². The molecule has 17 heavy (non-hydrogen) atoms. The Labute approximate surface area is 115 Å². The molecule has 1 unspecified atom stereocenters. The lowest BCUT2D eigenvalue weighted by molar-refractivity contribution is 0.0159. The van der Waals surface area contributed by atoms with Crippen LogP contribution < -0.4 is 0 Å². The van der Waals surface area contributed by atoms with Crippen molar-refractivity contribution in [1.82, 2.24) is 0 Å². The van der Waals surface area contributed by atoms with Crippen LogP contribution in [0.25, 0.3) is 0 Å². The van der Waals surface area contributed by atoms with E-state index < -0.39 is 5.72 Å². The summed E-state index contributed by atoms with van der Waals surface area (Å²) in [6.45, 7) is 5.24. The third kappa shape index (κ3) is 3.81. The second kappa shape index (κ2) is 5.53. The molecule has 0 aliphatic rings. The van der Waals surface area contributed by atoms with Gasteiger partial charge in [0.2, 0.25) is 0 Å². The summed E-state index contributed by atoms with van der Waals surface area (Å²) in [5, 5.41) is 18.7. The molecule has 0 fully saturated rings. The van der Waals surface area contributed by atoms with Gasteiger partial charge in [-0.1, -0.05) is 48.7 Å². The van der Waals surface area contributed by atoms with Crippen LogP contribution in [0.4, 0.5) is 5.69 Å². The predicted molar refractivity (Wildman–Crippen MR) is 71.4 cm³/mol. The topological polar surface area (TPSA) is 45.0 Å². The zero-order valence-corrected chi connectivity index (χ0v) is 12.0. The van der Waals surface area contributed by atoms with Gasteiger partial charge in [0.05, 0.1) is 10.0 Å². The lowest BCUT2D eigenvalue weighted by Gasteiger charge is -2.20. The first-order valence-corrected chi connectivity index (χ1v) is 6.17. The zero-order valence-electron chi connectivity index (χ0n) is 9.71. The van der Waals surface area contributed by atoms with Gasteiger partial charge in [0.1, 0.15) is 5.69 Å². The molecule has 0 spiro atoms. The SMILES string of the molecule is CC(C)C(C)(O)/N=N/c1c(Cl)cc(Cl)cc1Cl. The molecule has 0 radical (unpaired) electrons. The van der Waals surface area contributed by atoms with Crippen LogP contribution in [-0.4, -0.2) is 10.8 Å². The Kier molecular flexibility index (Phi) is 4.78. The molecular formula is C11H13Cl3N2O. The van der Waals surface area contributed by atoms with Crippen molar-refractivity contribution >= 4 is 40.5 Å². The second-order valence-corrected chi connectivity index (χ2v) is 5.42. The van der Waals surface area contributed by atoms with Gasteiger partial charge in [0.25, 0.3) is 0 Å². The van der Waals surface area contributed by atoms with Gasteiger partial charge in [-0.05, 0) is 19.1 Å². The molecule has 1 atom stereocenters. The number of hydrogen-bond acceptors (Lipinski definition) is 3. The van der Waals surface area contributed by atoms with E-state index in [1.165, 1.54) is 12.1 Å². The molecule has 0 aliphatic heterocycles. The molecule has 3 nitrogen and oxygen atoms in total. The summed E-state index contributed by atoms with van der Waals surface area (Å²) in [7, 11) is 0. The molecule has 0 saturated carbocycles. The molecule has 94 valence electrons. The van der Waals surface area contributed by atoms with E-state index in [1.54, 1.807) is 6.92 Å². The van der Waals surface area contributed by atoms with Gasteiger partial charge >= 0.3 is 0 Å². The molecule has 1 N–H and O–H groups in total. The minimum absolute atomic E-state index is 0.0731. The number of aliphatic hydroxyl groups is 1. The number of hydrogen-bond donors (Lipinski definition) is 1. The summed E-state index contributed by atoms with van der Waals surface area (Å²) < 4.78 is 0. The van der Waals surface area contributed by atoms with Crippen molar-refractivity contribution in [2.75, 3.05) is 0 Å². The molecule has 0 saturated heterocycles. The van der Waals surface area contributed by atoms with Crippen LogP contribution in [0.5, 0.6) is 0 Å². The first-order valence-electron chi connectivity index (χ1n) is 5.04. The van der Waals surface area contributed by atoms with Crippen molar-refractivity contribution < 1.29 is 5.11 Å². The number of halogens is 3. The van der Waals surface area contributed by atoms with Gasteiger partial charge in [-0.15, -0.1) is 5.11 Å². The van der Waals surface area contributed by atoms with E-state index in [2.05, 4.69) is 10.2 Å². The fourth-order valence-electron chi connectivity index (χ4n) is 0.897. The fourth-order valence-corrected chi connectivity index (χ4v) is 1.79. The maximum absolute atomic E-state index is 9.92. The van der Waals surface area contributed by atoms with Gasteiger partial charge in [-0.25, -0.2) is 0 Å². The second-order valence-electron chi connectivity index (χ2n) is 4.17. The van der Waals surface area contributed by atoms with Gasteiger partial charge in [0.15, 0.2) is 5.72 Å². The highest BCUT2D eigenvalue weighted by molar-refractivity contribution is 6.41. The first kappa shape index (κ1) is 14.7. The van der Waals surface area contributed by atoms with Crippen LogP contribution in [0.15, 0.2) is 22.4 Å². The van der Waals surface area contributed by atoms with Crippen molar-refractivity contribution in [1.29, 1.82) is 0 Å². The Morgan fingerprint density at radius 1 is 1.18 bits per heavy atom. The van der Waals surface area contributed by atoms with Crippen LogP contribution >= 0.6 is 34.8 Å². The molecular weight excluding hydrogens is 282 g/mol. The van der Waals surface area contributed by atoms with E-state index in [0.717, 1.165) is 0 Å². The summed E-state index contributed by atoms with van der Waals surface area (Å²) in [5.41, 5.74) is -0.953. The summed E-state index contributed by atoms with van der Waals surface area (Å²) in [6.07, 6.45) is 0. The summed E-state index contributed by atoms with van der Waals surface area (Å²) in [4.78, 5) is 0.